The van der Waals surface area contributed by atoms with Crippen molar-refractivity contribution in [3.63, 3.8) is 0 Å². The van der Waals surface area contributed by atoms with Gasteiger partial charge in [0.2, 0.25) is 11.8 Å². The number of rotatable bonds is 5. The van der Waals surface area contributed by atoms with Gasteiger partial charge in [-0.25, -0.2) is 8.42 Å². The Bertz CT molecular complexity index is 957. The number of nitrogens with one attached hydrogen (secondary N) is 2. The molecule has 144 valence electrons. The molecule has 1 aliphatic rings. The zero-order valence-corrected chi connectivity index (χ0v) is 16.8. The van der Waals surface area contributed by atoms with Gasteiger partial charge in [-0.3, -0.25) is 9.59 Å². The van der Waals surface area contributed by atoms with E-state index < -0.39 is 16.1 Å². The second-order valence-corrected chi connectivity index (χ2v) is 9.91. The smallest absolute Gasteiger partial charge is 0.253 e. The second-order valence-electron chi connectivity index (χ2n) is 6.08. The minimum Gasteiger partial charge on any atom is -0.326 e. The Morgan fingerprint density at radius 3 is 2.30 bits per heavy atom. The third kappa shape index (κ3) is 4.49. The van der Waals surface area contributed by atoms with Crippen LogP contribution in [0.25, 0.3) is 0 Å². The molecule has 1 unspecified atom stereocenters. The van der Waals surface area contributed by atoms with Gasteiger partial charge >= 0.3 is 0 Å². The van der Waals surface area contributed by atoms with Crippen molar-refractivity contribution in [3.05, 3.63) is 40.7 Å². The number of halogens is 1. The third-order valence-corrected chi connectivity index (χ3v) is 7.70. The maximum Gasteiger partial charge on any atom is 0.253 e. The van der Waals surface area contributed by atoms with E-state index in [1.54, 1.807) is 24.3 Å². The molecule has 1 atom stereocenters. The SMILES string of the molecule is CC(=O)Nc1ccc(NC(=O)C2CCCN2S(=O)(=O)c2ccc(Cl)s2)cc1. The summed E-state index contributed by atoms with van der Waals surface area (Å²) in [7, 11) is -3.77. The Kier molecular flexibility index (Phi) is 5.85. The van der Waals surface area contributed by atoms with Crippen LogP contribution in [0.15, 0.2) is 40.6 Å². The minimum absolute atomic E-state index is 0.131. The van der Waals surface area contributed by atoms with Crippen LogP contribution >= 0.6 is 22.9 Å². The number of nitrogens with zero attached hydrogens (tertiary/aromatic N) is 1. The summed E-state index contributed by atoms with van der Waals surface area (Å²) in [6.45, 7) is 1.70. The molecule has 2 heterocycles. The fourth-order valence-corrected chi connectivity index (χ4v) is 6.18. The van der Waals surface area contributed by atoms with Crippen LogP contribution in [-0.2, 0) is 19.6 Å². The van der Waals surface area contributed by atoms with Gasteiger partial charge < -0.3 is 10.6 Å². The Morgan fingerprint density at radius 2 is 1.74 bits per heavy atom. The Morgan fingerprint density at radius 1 is 1.11 bits per heavy atom. The first-order valence-corrected chi connectivity index (χ1v) is 10.9. The summed E-state index contributed by atoms with van der Waals surface area (Å²) < 4.78 is 27.4. The monoisotopic (exact) mass is 427 g/mol. The fraction of sp³-hybridized carbons (Fsp3) is 0.294. The van der Waals surface area contributed by atoms with Crippen LogP contribution in [0.2, 0.25) is 4.34 Å². The molecule has 1 saturated heterocycles. The Balaban J connectivity index is 1.73. The van der Waals surface area contributed by atoms with Gasteiger partial charge in [0.15, 0.2) is 0 Å². The van der Waals surface area contributed by atoms with Crippen LogP contribution in [0.5, 0.6) is 0 Å². The molecule has 2 amide bonds. The first-order valence-electron chi connectivity index (χ1n) is 8.23. The predicted molar refractivity (Wildman–Crippen MR) is 106 cm³/mol. The molecule has 0 radical (unpaired) electrons. The van der Waals surface area contributed by atoms with Crippen LogP contribution in [0, 0.1) is 0 Å². The van der Waals surface area contributed by atoms with Gasteiger partial charge in [0, 0.05) is 24.8 Å². The summed E-state index contributed by atoms with van der Waals surface area (Å²) in [6, 6.07) is 8.83. The number of hydrogen-bond donors (Lipinski definition) is 2. The molecule has 1 fully saturated rings. The van der Waals surface area contributed by atoms with Gasteiger partial charge in [0.25, 0.3) is 10.0 Å². The van der Waals surface area contributed by atoms with Gasteiger partial charge in [-0.2, -0.15) is 4.31 Å². The summed E-state index contributed by atoms with van der Waals surface area (Å²) in [5, 5.41) is 5.38. The molecule has 1 aromatic heterocycles. The van der Waals surface area contributed by atoms with Crippen molar-refractivity contribution in [3.8, 4) is 0 Å². The van der Waals surface area contributed by atoms with Crippen molar-refractivity contribution in [1.82, 2.24) is 4.31 Å². The van der Waals surface area contributed by atoms with E-state index >= 15 is 0 Å². The van der Waals surface area contributed by atoms with Crippen molar-refractivity contribution in [2.45, 2.75) is 30.0 Å². The van der Waals surface area contributed by atoms with Crippen LogP contribution in [-0.4, -0.2) is 37.1 Å². The van der Waals surface area contributed by atoms with Gasteiger partial charge in [-0.15, -0.1) is 11.3 Å². The maximum atomic E-state index is 12.8. The number of carbonyl (C=O) groups is 2. The zero-order valence-electron chi connectivity index (χ0n) is 14.4. The number of carbonyl (C=O) groups excluding carboxylic acids is 2. The average molecular weight is 428 g/mol. The molecule has 2 N–H and O–H groups in total. The Labute approximate surface area is 166 Å². The largest absolute Gasteiger partial charge is 0.326 e. The lowest BCUT2D eigenvalue weighted by Gasteiger charge is -2.22. The molecule has 2 aromatic rings. The lowest BCUT2D eigenvalue weighted by atomic mass is 10.2. The zero-order chi connectivity index (χ0) is 19.6. The molecule has 0 saturated carbocycles. The van der Waals surface area contributed by atoms with E-state index in [9.17, 15) is 18.0 Å². The second kappa shape index (κ2) is 7.97. The van der Waals surface area contributed by atoms with E-state index in [1.807, 2.05) is 0 Å². The summed E-state index contributed by atoms with van der Waals surface area (Å²) >= 11 is 6.83. The molecular weight excluding hydrogens is 410 g/mol. The first-order chi connectivity index (χ1) is 12.8. The quantitative estimate of drug-likeness (QED) is 0.766. The van der Waals surface area contributed by atoms with Crippen LogP contribution in [0.1, 0.15) is 19.8 Å². The highest BCUT2D eigenvalue weighted by Crippen LogP contribution is 2.32. The maximum absolute atomic E-state index is 12.8. The standard InChI is InChI=1S/C17H18ClN3O4S2/c1-11(22)19-12-4-6-13(7-5-12)20-17(23)14-3-2-10-21(14)27(24,25)16-9-8-15(18)26-16/h4-9,14H,2-3,10H2,1H3,(H,19,22)(H,20,23). The topological polar surface area (TPSA) is 95.6 Å². The van der Waals surface area contributed by atoms with E-state index in [0.717, 1.165) is 11.3 Å². The lowest BCUT2D eigenvalue weighted by molar-refractivity contribution is -0.119. The van der Waals surface area contributed by atoms with Gasteiger partial charge in [0.1, 0.15) is 10.3 Å². The molecule has 1 aromatic carbocycles. The highest BCUT2D eigenvalue weighted by molar-refractivity contribution is 7.91. The highest BCUT2D eigenvalue weighted by atomic mass is 35.5. The molecule has 7 nitrogen and oxygen atoms in total. The third-order valence-electron chi connectivity index (χ3n) is 4.09. The predicted octanol–water partition coefficient (Wildman–Crippen LogP) is 3.15. The van der Waals surface area contributed by atoms with Crippen molar-refractivity contribution in [2.24, 2.45) is 0 Å². The summed E-state index contributed by atoms with van der Waals surface area (Å²) in [4.78, 5) is 23.7. The number of hydrogen-bond acceptors (Lipinski definition) is 5. The number of amides is 2. The number of sulfonamides is 1. The van der Waals surface area contributed by atoms with Crippen molar-refractivity contribution >= 4 is 56.2 Å². The van der Waals surface area contributed by atoms with E-state index in [1.165, 1.54) is 23.4 Å². The van der Waals surface area contributed by atoms with Gasteiger partial charge in [-0.05, 0) is 49.2 Å². The van der Waals surface area contributed by atoms with Gasteiger partial charge in [0.05, 0.1) is 4.34 Å². The number of thiophene rings is 1. The molecule has 1 aliphatic heterocycles. The van der Waals surface area contributed by atoms with Crippen molar-refractivity contribution in [1.29, 1.82) is 0 Å². The summed E-state index contributed by atoms with van der Waals surface area (Å²) in [5.41, 5.74) is 1.14. The summed E-state index contributed by atoms with van der Waals surface area (Å²) in [5.74, 6) is -0.571. The normalized spacial score (nSPS) is 17.6. The first kappa shape index (κ1) is 19.8. The van der Waals surface area contributed by atoms with Crippen molar-refractivity contribution in [2.75, 3.05) is 17.2 Å². The van der Waals surface area contributed by atoms with E-state index in [4.69, 9.17) is 11.6 Å². The highest BCUT2D eigenvalue weighted by Gasteiger charge is 2.40. The average Bonchev–Trinajstić information content (AvgIpc) is 3.25. The van der Waals surface area contributed by atoms with E-state index in [2.05, 4.69) is 10.6 Å². The molecule has 0 bridgehead atoms. The van der Waals surface area contributed by atoms with E-state index in [0.29, 0.717) is 28.6 Å². The minimum atomic E-state index is -3.77. The fourth-order valence-electron chi connectivity index (χ4n) is 2.91. The number of anilines is 2. The molecule has 3 rings (SSSR count). The lowest BCUT2D eigenvalue weighted by Crippen LogP contribution is -2.42. The van der Waals surface area contributed by atoms with E-state index in [-0.39, 0.29) is 22.6 Å². The molecule has 10 heteroatoms. The Hall–Kier alpha value is -1.94. The van der Waals surface area contributed by atoms with Crippen LogP contribution in [0.3, 0.4) is 0 Å². The molecule has 27 heavy (non-hydrogen) atoms. The molecule has 0 aliphatic carbocycles. The number of benzene rings is 1. The van der Waals surface area contributed by atoms with Crippen LogP contribution < -0.4 is 10.6 Å². The molecular formula is C17H18ClN3O4S2. The molecule has 0 spiro atoms. The van der Waals surface area contributed by atoms with Crippen LogP contribution in [0.4, 0.5) is 11.4 Å². The van der Waals surface area contributed by atoms with Crippen molar-refractivity contribution < 1.29 is 18.0 Å². The summed E-state index contributed by atoms with van der Waals surface area (Å²) in [6.07, 6.45) is 1.06. The van der Waals surface area contributed by atoms with Gasteiger partial charge in [-0.1, -0.05) is 11.6 Å².